The Labute approximate surface area is 248 Å². The summed E-state index contributed by atoms with van der Waals surface area (Å²) in [7, 11) is 1.98. The molecular formula is C33H25BClN5O2. The average molecular weight is 570 g/mol. The SMILES string of the molecule is Bc1cnn2c(NCc3cccc(NC(=O)C4c5ccccc5Oc5ccccc54)c3)cc(-c3ccccc3Cl)nc12. The molecule has 4 aromatic carbocycles. The van der Waals surface area contributed by atoms with E-state index in [1.807, 2.05) is 111 Å². The van der Waals surface area contributed by atoms with Gasteiger partial charge >= 0.3 is 0 Å². The number of fused-ring (bicyclic) bond motifs is 3. The minimum atomic E-state index is -0.482. The monoisotopic (exact) mass is 569 g/mol. The molecule has 1 amide bonds. The van der Waals surface area contributed by atoms with Crippen LogP contribution in [0.5, 0.6) is 11.5 Å². The molecular weight excluding hydrogens is 545 g/mol. The van der Waals surface area contributed by atoms with Crippen LogP contribution in [0.1, 0.15) is 22.6 Å². The summed E-state index contributed by atoms with van der Waals surface area (Å²) in [6.45, 7) is 0.507. The van der Waals surface area contributed by atoms with Gasteiger partial charge in [-0.2, -0.15) is 9.61 Å². The molecule has 2 aromatic heterocycles. The number of amides is 1. The van der Waals surface area contributed by atoms with Crippen molar-refractivity contribution in [1.82, 2.24) is 14.6 Å². The minimum Gasteiger partial charge on any atom is -0.457 e. The molecule has 0 saturated carbocycles. The summed E-state index contributed by atoms with van der Waals surface area (Å²) in [6, 6.07) is 32.8. The molecule has 1 aliphatic heterocycles. The van der Waals surface area contributed by atoms with Gasteiger partial charge < -0.3 is 15.4 Å². The molecule has 7 nitrogen and oxygen atoms in total. The van der Waals surface area contributed by atoms with E-state index in [2.05, 4.69) is 15.7 Å². The summed E-state index contributed by atoms with van der Waals surface area (Å²) in [5.41, 5.74) is 6.74. The molecule has 1 aliphatic rings. The Morgan fingerprint density at radius 1 is 0.905 bits per heavy atom. The van der Waals surface area contributed by atoms with Crippen molar-refractivity contribution in [3.63, 3.8) is 0 Å². The predicted molar refractivity (Wildman–Crippen MR) is 169 cm³/mol. The lowest BCUT2D eigenvalue weighted by atomic mass is 9.87. The van der Waals surface area contributed by atoms with Crippen molar-refractivity contribution in [1.29, 1.82) is 0 Å². The Balaban J connectivity index is 1.14. The van der Waals surface area contributed by atoms with Gasteiger partial charge in [0.1, 0.15) is 25.2 Å². The Bertz CT molecular complexity index is 1930. The van der Waals surface area contributed by atoms with E-state index in [-0.39, 0.29) is 5.91 Å². The molecule has 3 heterocycles. The molecule has 0 radical (unpaired) electrons. The molecule has 7 rings (SSSR count). The summed E-state index contributed by atoms with van der Waals surface area (Å²) in [6.07, 6.45) is 1.80. The zero-order valence-corrected chi connectivity index (χ0v) is 23.5. The Morgan fingerprint density at radius 3 is 2.38 bits per heavy atom. The van der Waals surface area contributed by atoms with Crippen molar-refractivity contribution >= 4 is 48.0 Å². The number of hydrogen-bond donors (Lipinski definition) is 2. The first-order valence-corrected chi connectivity index (χ1v) is 14.0. The third-order valence-electron chi connectivity index (χ3n) is 7.41. The van der Waals surface area contributed by atoms with Gasteiger partial charge in [0.15, 0.2) is 5.65 Å². The fourth-order valence-corrected chi connectivity index (χ4v) is 5.60. The number of carbonyl (C=O) groups excluding carboxylic acids is 1. The molecule has 0 atom stereocenters. The van der Waals surface area contributed by atoms with Gasteiger partial charge in [-0.25, -0.2) is 4.98 Å². The van der Waals surface area contributed by atoms with E-state index in [0.29, 0.717) is 28.8 Å². The minimum absolute atomic E-state index is 0.115. The lowest BCUT2D eigenvalue weighted by molar-refractivity contribution is -0.116. The van der Waals surface area contributed by atoms with Crippen molar-refractivity contribution < 1.29 is 9.53 Å². The first-order valence-electron chi connectivity index (χ1n) is 13.6. The summed E-state index contributed by atoms with van der Waals surface area (Å²) < 4.78 is 7.86. The summed E-state index contributed by atoms with van der Waals surface area (Å²) in [4.78, 5) is 18.5. The Morgan fingerprint density at radius 2 is 1.62 bits per heavy atom. The molecule has 9 heteroatoms. The number of nitrogens with one attached hydrogen (secondary N) is 2. The fraction of sp³-hybridized carbons (Fsp3) is 0.0606. The number of carbonyl (C=O) groups is 1. The van der Waals surface area contributed by atoms with Crippen LogP contribution in [0.25, 0.3) is 16.9 Å². The van der Waals surface area contributed by atoms with Gasteiger partial charge in [-0.05, 0) is 41.4 Å². The van der Waals surface area contributed by atoms with Crippen molar-refractivity contribution in [2.24, 2.45) is 0 Å². The van der Waals surface area contributed by atoms with Crippen LogP contribution in [0.4, 0.5) is 11.5 Å². The van der Waals surface area contributed by atoms with Crippen LogP contribution in [0.3, 0.4) is 0 Å². The smallest absolute Gasteiger partial charge is 0.236 e. The molecule has 0 spiro atoms. The highest BCUT2D eigenvalue weighted by atomic mass is 35.5. The summed E-state index contributed by atoms with van der Waals surface area (Å²) >= 11 is 6.50. The normalized spacial score (nSPS) is 12.3. The second-order valence-corrected chi connectivity index (χ2v) is 10.6. The summed E-state index contributed by atoms with van der Waals surface area (Å²) in [5, 5.41) is 11.8. The number of para-hydroxylation sites is 2. The molecule has 0 saturated heterocycles. The van der Waals surface area contributed by atoms with E-state index in [4.69, 9.17) is 21.3 Å². The number of anilines is 2. The van der Waals surface area contributed by atoms with Gasteiger partial charge in [-0.1, -0.05) is 78.3 Å². The van der Waals surface area contributed by atoms with Crippen LogP contribution in [0, 0.1) is 0 Å². The fourth-order valence-electron chi connectivity index (χ4n) is 5.36. The second kappa shape index (κ2) is 10.7. The van der Waals surface area contributed by atoms with Gasteiger partial charge in [0.2, 0.25) is 5.91 Å². The maximum atomic E-state index is 13.7. The Hall–Kier alpha value is -5.08. The van der Waals surface area contributed by atoms with Crippen molar-refractivity contribution in [2.75, 3.05) is 10.6 Å². The number of nitrogens with zero attached hydrogens (tertiary/aromatic N) is 3. The summed E-state index contributed by atoms with van der Waals surface area (Å²) in [5.74, 6) is 1.58. The number of rotatable bonds is 6. The highest BCUT2D eigenvalue weighted by molar-refractivity contribution is 6.36. The Kier molecular flexibility index (Phi) is 6.60. The lowest BCUT2D eigenvalue weighted by Gasteiger charge is -2.27. The third-order valence-corrected chi connectivity index (χ3v) is 7.74. The quantitative estimate of drug-likeness (QED) is 0.248. The maximum absolute atomic E-state index is 13.7. The van der Waals surface area contributed by atoms with Crippen molar-refractivity contribution in [3.05, 3.63) is 131 Å². The molecule has 0 fully saturated rings. The maximum Gasteiger partial charge on any atom is 0.236 e. The highest BCUT2D eigenvalue weighted by Gasteiger charge is 2.32. The van der Waals surface area contributed by atoms with E-state index >= 15 is 0 Å². The largest absolute Gasteiger partial charge is 0.457 e. The lowest BCUT2D eigenvalue weighted by Crippen LogP contribution is -2.25. The van der Waals surface area contributed by atoms with Crippen LogP contribution in [0.15, 0.2) is 109 Å². The first-order chi connectivity index (χ1) is 20.5. The van der Waals surface area contributed by atoms with Gasteiger partial charge in [0.05, 0.1) is 11.6 Å². The molecule has 42 heavy (non-hydrogen) atoms. The van der Waals surface area contributed by atoms with E-state index in [1.54, 1.807) is 10.7 Å². The van der Waals surface area contributed by atoms with Gasteiger partial charge in [0, 0.05) is 46.2 Å². The number of aromatic nitrogens is 3. The van der Waals surface area contributed by atoms with E-state index < -0.39 is 5.92 Å². The number of benzene rings is 4. The second-order valence-electron chi connectivity index (χ2n) is 10.2. The van der Waals surface area contributed by atoms with Crippen LogP contribution in [0.2, 0.25) is 5.02 Å². The standard InChI is InChI=1S/C33H25BClN5O2/c34-25-19-37-40-30(17-27(39-32(25)40)22-10-1-4-13-26(22)35)36-18-20-8-7-9-21(16-20)38-33(41)31-23-11-2-5-14-28(23)42-29-15-6-3-12-24(29)31/h1-17,19,31,36H,18,34H2,(H,38,41). The van der Waals surface area contributed by atoms with E-state index in [9.17, 15) is 4.79 Å². The van der Waals surface area contributed by atoms with Crippen molar-refractivity contribution in [3.8, 4) is 22.8 Å². The molecule has 0 unspecified atom stereocenters. The van der Waals surface area contributed by atoms with Crippen LogP contribution < -0.4 is 20.8 Å². The first kappa shape index (κ1) is 25.9. The number of halogens is 1. The molecule has 2 N–H and O–H groups in total. The van der Waals surface area contributed by atoms with E-state index in [0.717, 1.165) is 44.9 Å². The van der Waals surface area contributed by atoms with Gasteiger partial charge in [0.25, 0.3) is 0 Å². The average Bonchev–Trinajstić information content (AvgIpc) is 3.39. The number of ether oxygens (including phenoxy) is 1. The van der Waals surface area contributed by atoms with Crippen LogP contribution in [-0.2, 0) is 11.3 Å². The molecule has 6 aromatic rings. The van der Waals surface area contributed by atoms with Crippen LogP contribution in [-0.4, -0.2) is 28.4 Å². The van der Waals surface area contributed by atoms with Crippen LogP contribution >= 0.6 is 11.6 Å². The zero-order chi connectivity index (χ0) is 28.6. The predicted octanol–water partition coefficient (Wildman–Crippen LogP) is 5.80. The number of hydrogen-bond acceptors (Lipinski definition) is 5. The molecule has 0 aliphatic carbocycles. The zero-order valence-electron chi connectivity index (χ0n) is 22.7. The van der Waals surface area contributed by atoms with E-state index in [1.165, 1.54) is 0 Å². The highest BCUT2D eigenvalue weighted by Crippen LogP contribution is 2.44. The molecule has 0 bridgehead atoms. The third kappa shape index (κ3) is 4.76. The molecule has 204 valence electrons. The topological polar surface area (TPSA) is 80.5 Å². The van der Waals surface area contributed by atoms with Gasteiger partial charge in [-0.3, -0.25) is 4.79 Å². The van der Waals surface area contributed by atoms with Gasteiger partial charge in [-0.15, -0.1) is 0 Å². The van der Waals surface area contributed by atoms with Crippen molar-refractivity contribution in [2.45, 2.75) is 12.5 Å².